The molecule has 1 atom stereocenters. The van der Waals surface area contributed by atoms with Crippen LogP contribution >= 0.6 is 0 Å². The summed E-state index contributed by atoms with van der Waals surface area (Å²) in [5.74, 6) is 0.186. The number of halogens is 2. The van der Waals surface area contributed by atoms with Crippen molar-refractivity contribution in [2.45, 2.75) is 33.2 Å². The second kappa shape index (κ2) is 6.37. The van der Waals surface area contributed by atoms with E-state index in [1.54, 1.807) is 26.0 Å². The molecule has 1 aromatic carbocycles. The summed E-state index contributed by atoms with van der Waals surface area (Å²) in [7, 11) is 0. The molecule has 0 fully saturated rings. The van der Waals surface area contributed by atoms with Crippen molar-refractivity contribution in [3.05, 3.63) is 62.9 Å². The van der Waals surface area contributed by atoms with Gasteiger partial charge < -0.3 is 10.2 Å². The quantitative estimate of drug-likeness (QED) is 0.763. The van der Waals surface area contributed by atoms with Crippen molar-refractivity contribution in [1.82, 2.24) is 4.98 Å². The topological polar surface area (TPSA) is 69.1 Å². The Balaban J connectivity index is 2.36. The van der Waals surface area contributed by atoms with Crippen LogP contribution in [0.3, 0.4) is 0 Å². The first-order valence-corrected chi connectivity index (χ1v) is 7.88. The van der Waals surface area contributed by atoms with Crippen LogP contribution in [0.15, 0.2) is 39.5 Å². The molecular formula is C19H18F2N2O2. The largest absolute Gasteiger partial charge is 0.454 e. The molecule has 0 saturated carbocycles. The second-order valence-electron chi connectivity index (χ2n) is 6.15. The van der Waals surface area contributed by atoms with Gasteiger partial charge in [0.25, 0.3) is 6.43 Å². The molecule has 0 aliphatic rings. The predicted molar refractivity (Wildman–Crippen MR) is 92.7 cm³/mol. The predicted octanol–water partition coefficient (Wildman–Crippen LogP) is 4.43. The van der Waals surface area contributed by atoms with E-state index < -0.39 is 6.43 Å². The third-order valence-electron chi connectivity index (χ3n) is 4.11. The Bertz CT molecular complexity index is 1010. The second-order valence-corrected chi connectivity index (χ2v) is 6.15. The number of pyridine rings is 1. The number of aryl methyl sites for hydroxylation is 1. The zero-order chi connectivity index (χ0) is 18.3. The average Bonchev–Trinajstić information content (AvgIpc) is 2.57. The van der Waals surface area contributed by atoms with Gasteiger partial charge in [-0.2, -0.15) is 0 Å². The van der Waals surface area contributed by atoms with E-state index in [4.69, 9.17) is 10.2 Å². The molecule has 0 saturated heterocycles. The summed E-state index contributed by atoms with van der Waals surface area (Å²) in [6.07, 6.45) is -2.70. The summed E-state index contributed by atoms with van der Waals surface area (Å²) in [4.78, 5) is 16.7. The molecule has 0 radical (unpaired) electrons. The first kappa shape index (κ1) is 17.2. The lowest BCUT2D eigenvalue weighted by atomic mass is 10.00. The van der Waals surface area contributed by atoms with Crippen molar-refractivity contribution in [1.29, 1.82) is 0 Å². The standard InChI is InChI=1S/C19H18F2N2O2/c1-9-7-12(11(3)22)18-13(8-9)16(24)10(2)17(25-18)14-5-4-6-15(23-14)19(20)21/h4-8,11,19H,22H2,1-3H3. The van der Waals surface area contributed by atoms with Gasteiger partial charge in [-0.1, -0.05) is 12.1 Å². The van der Waals surface area contributed by atoms with Gasteiger partial charge in [0.15, 0.2) is 11.2 Å². The lowest BCUT2D eigenvalue weighted by Crippen LogP contribution is -2.12. The Labute approximate surface area is 143 Å². The molecule has 2 N–H and O–H groups in total. The molecule has 2 heterocycles. The van der Waals surface area contributed by atoms with Crippen molar-refractivity contribution < 1.29 is 13.2 Å². The van der Waals surface area contributed by atoms with Crippen molar-refractivity contribution in [3.63, 3.8) is 0 Å². The molecule has 6 heteroatoms. The van der Waals surface area contributed by atoms with E-state index in [1.807, 2.05) is 13.0 Å². The zero-order valence-electron chi connectivity index (χ0n) is 14.1. The summed E-state index contributed by atoms with van der Waals surface area (Å²) in [5.41, 5.74) is 7.92. The van der Waals surface area contributed by atoms with E-state index in [0.717, 1.165) is 5.56 Å². The highest BCUT2D eigenvalue weighted by atomic mass is 19.3. The van der Waals surface area contributed by atoms with Crippen LogP contribution in [0.25, 0.3) is 22.4 Å². The minimum absolute atomic E-state index is 0.186. The van der Waals surface area contributed by atoms with Gasteiger partial charge >= 0.3 is 0 Å². The van der Waals surface area contributed by atoms with Crippen molar-refractivity contribution in [2.24, 2.45) is 5.73 Å². The zero-order valence-corrected chi connectivity index (χ0v) is 14.1. The number of rotatable bonds is 3. The Morgan fingerprint density at radius 2 is 1.92 bits per heavy atom. The molecule has 4 nitrogen and oxygen atoms in total. The third kappa shape index (κ3) is 3.05. The fraction of sp³-hybridized carbons (Fsp3) is 0.263. The number of alkyl halides is 2. The molecule has 1 unspecified atom stereocenters. The number of benzene rings is 1. The van der Waals surface area contributed by atoms with Gasteiger partial charge in [0.2, 0.25) is 0 Å². The van der Waals surface area contributed by atoms with Crippen LogP contribution in [0, 0.1) is 13.8 Å². The van der Waals surface area contributed by atoms with Crippen molar-refractivity contribution in [3.8, 4) is 11.5 Å². The van der Waals surface area contributed by atoms with E-state index in [-0.39, 0.29) is 28.6 Å². The normalized spacial score (nSPS) is 12.8. The Morgan fingerprint density at radius 1 is 1.20 bits per heavy atom. The number of nitrogens with two attached hydrogens (primary N) is 1. The minimum Gasteiger partial charge on any atom is -0.454 e. The fourth-order valence-corrected chi connectivity index (χ4v) is 2.85. The van der Waals surface area contributed by atoms with Crippen LogP contribution in [0.2, 0.25) is 0 Å². The summed E-state index contributed by atoms with van der Waals surface area (Å²) in [5, 5.41) is 0.429. The van der Waals surface area contributed by atoms with Gasteiger partial charge in [0, 0.05) is 17.2 Å². The molecule has 25 heavy (non-hydrogen) atoms. The average molecular weight is 344 g/mol. The van der Waals surface area contributed by atoms with Crippen LogP contribution < -0.4 is 11.2 Å². The molecule has 3 rings (SSSR count). The van der Waals surface area contributed by atoms with E-state index in [1.165, 1.54) is 12.1 Å². The SMILES string of the molecule is Cc1cc(C(C)N)c2oc(-c3cccc(C(F)F)n3)c(C)c(=O)c2c1. The van der Waals surface area contributed by atoms with Crippen LogP contribution in [0.5, 0.6) is 0 Å². The Morgan fingerprint density at radius 3 is 2.56 bits per heavy atom. The van der Waals surface area contributed by atoms with Gasteiger partial charge in [-0.15, -0.1) is 0 Å². The maximum absolute atomic E-state index is 12.9. The van der Waals surface area contributed by atoms with E-state index >= 15 is 0 Å². The van der Waals surface area contributed by atoms with Gasteiger partial charge in [-0.05, 0) is 44.5 Å². The molecule has 0 spiro atoms. The van der Waals surface area contributed by atoms with Crippen molar-refractivity contribution >= 4 is 11.0 Å². The first-order valence-electron chi connectivity index (χ1n) is 7.88. The van der Waals surface area contributed by atoms with Crippen LogP contribution in [0.4, 0.5) is 8.78 Å². The maximum Gasteiger partial charge on any atom is 0.280 e. The highest BCUT2D eigenvalue weighted by molar-refractivity contribution is 5.84. The van der Waals surface area contributed by atoms with E-state index in [9.17, 15) is 13.6 Å². The molecule has 0 aliphatic carbocycles. The van der Waals surface area contributed by atoms with Crippen LogP contribution in [-0.2, 0) is 0 Å². The number of aromatic nitrogens is 1. The van der Waals surface area contributed by atoms with Crippen molar-refractivity contribution in [2.75, 3.05) is 0 Å². The molecule has 3 aromatic rings. The minimum atomic E-state index is -2.70. The summed E-state index contributed by atoms with van der Waals surface area (Å²) < 4.78 is 31.8. The Kier molecular flexibility index (Phi) is 4.39. The Hall–Kier alpha value is -2.60. The number of fused-ring (bicyclic) bond motifs is 1. The van der Waals surface area contributed by atoms with E-state index in [0.29, 0.717) is 22.1 Å². The first-order chi connectivity index (χ1) is 11.8. The van der Waals surface area contributed by atoms with Gasteiger partial charge in [-0.3, -0.25) is 4.79 Å². The summed E-state index contributed by atoms with van der Waals surface area (Å²) in [6.45, 7) is 5.27. The monoisotopic (exact) mass is 344 g/mol. The molecule has 2 aromatic heterocycles. The third-order valence-corrected chi connectivity index (χ3v) is 4.11. The summed E-state index contributed by atoms with van der Waals surface area (Å²) >= 11 is 0. The van der Waals surface area contributed by atoms with Crippen LogP contribution in [0.1, 0.15) is 41.8 Å². The molecule has 130 valence electrons. The van der Waals surface area contributed by atoms with Gasteiger partial charge in [0.05, 0.1) is 5.39 Å². The van der Waals surface area contributed by atoms with Crippen LogP contribution in [-0.4, -0.2) is 4.98 Å². The highest BCUT2D eigenvalue weighted by Crippen LogP contribution is 2.30. The lowest BCUT2D eigenvalue weighted by Gasteiger charge is -2.13. The van der Waals surface area contributed by atoms with Gasteiger partial charge in [-0.25, -0.2) is 13.8 Å². The maximum atomic E-state index is 12.9. The molecule has 0 amide bonds. The molecule has 0 aliphatic heterocycles. The number of hydrogen-bond acceptors (Lipinski definition) is 4. The number of nitrogens with zero attached hydrogens (tertiary/aromatic N) is 1. The summed E-state index contributed by atoms with van der Waals surface area (Å²) in [6, 6.07) is 7.50. The number of hydrogen-bond donors (Lipinski definition) is 1. The molecular weight excluding hydrogens is 326 g/mol. The fourth-order valence-electron chi connectivity index (χ4n) is 2.85. The van der Waals surface area contributed by atoms with Gasteiger partial charge in [0.1, 0.15) is 17.0 Å². The van der Waals surface area contributed by atoms with E-state index in [2.05, 4.69) is 4.98 Å². The lowest BCUT2D eigenvalue weighted by molar-refractivity contribution is 0.146. The highest BCUT2D eigenvalue weighted by Gasteiger charge is 2.19. The molecule has 0 bridgehead atoms. The smallest absolute Gasteiger partial charge is 0.280 e.